The quantitative estimate of drug-likeness (QED) is 0.432. The minimum Gasteiger partial charge on any atom is -0.346 e. The van der Waals surface area contributed by atoms with Crippen LogP contribution >= 0.6 is 0 Å². The highest BCUT2D eigenvalue weighted by Gasteiger charge is 2.11. The van der Waals surface area contributed by atoms with Crippen LogP contribution < -0.4 is 5.32 Å². The van der Waals surface area contributed by atoms with Crippen molar-refractivity contribution in [1.29, 1.82) is 5.26 Å². The molecule has 5 heteroatoms. The van der Waals surface area contributed by atoms with Crippen LogP contribution in [0, 0.1) is 11.3 Å². The number of hydrogen-bond acceptors (Lipinski definition) is 3. The second-order valence-electron chi connectivity index (χ2n) is 5.83. The lowest BCUT2D eigenvalue weighted by Gasteiger charge is -2.06. The summed E-state index contributed by atoms with van der Waals surface area (Å²) < 4.78 is 0. The molecule has 0 bridgehead atoms. The molecule has 0 radical (unpaired) electrons. The SMILES string of the molecule is N#C/C(=C\c1c[nH]c2ncccc12)C(=O)Nc1ccc2ccccc2c1. The lowest BCUT2D eigenvalue weighted by atomic mass is 10.1. The zero-order chi connectivity index (χ0) is 17.9. The summed E-state index contributed by atoms with van der Waals surface area (Å²) in [6.07, 6.45) is 4.99. The first-order valence-electron chi connectivity index (χ1n) is 8.08. The van der Waals surface area contributed by atoms with Crippen LogP contribution in [0.2, 0.25) is 0 Å². The highest BCUT2D eigenvalue weighted by molar-refractivity contribution is 6.11. The summed E-state index contributed by atoms with van der Waals surface area (Å²) in [7, 11) is 0. The van der Waals surface area contributed by atoms with Gasteiger partial charge in [-0.25, -0.2) is 4.98 Å². The van der Waals surface area contributed by atoms with Gasteiger partial charge in [-0.2, -0.15) is 5.26 Å². The minimum atomic E-state index is -0.443. The molecule has 0 aliphatic carbocycles. The Morgan fingerprint density at radius 1 is 1.12 bits per heavy atom. The van der Waals surface area contributed by atoms with Gasteiger partial charge in [0.1, 0.15) is 17.3 Å². The number of pyridine rings is 1. The number of carbonyl (C=O) groups excluding carboxylic acids is 1. The maximum Gasteiger partial charge on any atom is 0.266 e. The van der Waals surface area contributed by atoms with Crippen LogP contribution in [0.5, 0.6) is 0 Å². The molecular weight excluding hydrogens is 324 g/mol. The van der Waals surface area contributed by atoms with Gasteiger partial charge in [-0.3, -0.25) is 4.79 Å². The predicted octanol–water partition coefficient (Wildman–Crippen LogP) is 4.26. The van der Waals surface area contributed by atoms with Crippen molar-refractivity contribution in [2.24, 2.45) is 0 Å². The third-order valence-corrected chi connectivity index (χ3v) is 4.16. The summed E-state index contributed by atoms with van der Waals surface area (Å²) in [5.74, 6) is -0.443. The molecule has 4 aromatic rings. The second kappa shape index (κ2) is 6.54. The number of nitriles is 1. The molecule has 0 fully saturated rings. The van der Waals surface area contributed by atoms with Gasteiger partial charge in [-0.1, -0.05) is 30.3 Å². The van der Waals surface area contributed by atoms with E-state index in [4.69, 9.17) is 0 Å². The number of H-pyrrole nitrogens is 1. The molecule has 0 aliphatic heterocycles. The van der Waals surface area contributed by atoms with Crippen molar-refractivity contribution in [3.63, 3.8) is 0 Å². The van der Waals surface area contributed by atoms with E-state index in [0.717, 1.165) is 21.7 Å². The van der Waals surface area contributed by atoms with Crippen molar-refractivity contribution in [1.82, 2.24) is 9.97 Å². The molecule has 4 rings (SSSR count). The number of benzene rings is 2. The first kappa shape index (κ1) is 15.6. The average molecular weight is 338 g/mol. The molecule has 0 aliphatic rings. The third-order valence-electron chi connectivity index (χ3n) is 4.16. The van der Waals surface area contributed by atoms with Gasteiger partial charge in [-0.15, -0.1) is 0 Å². The molecule has 1 amide bonds. The zero-order valence-corrected chi connectivity index (χ0v) is 13.7. The molecular formula is C21H14N4O. The molecule has 0 saturated carbocycles. The van der Waals surface area contributed by atoms with E-state index in [1.807, 2.05) is 60.7 Å². The lowest BCUT2D eigenvalue weighted by Crippen LogP contribution is -2.13. The van der Waals surface area contributed by atoms with E-state index in [-0.39, 0.29) is 5.57 Å². The number of aromatic amines is 1. The fourth-order valence-electron chi connectivity index (χ4n) is 2.87. The Morgan fingerprint density at radius 3 is 2.81 bits per heavy atom. The summed E-state index contributed by atoms with van der Waals surface area (Å²) in [5.41, 5.74) is 2.14. The highest BCUT2D eigenvalue weighted by atomic mass is 16.1. The molecule has 0 atom stereocenters. The predicted molar refractivity (Wildman–Crippen MR) is 102 cm³/mol. The van der Waals surface area contributed by atoms with Gasteiger partial charge in [0.25, 0.3) is 5.91 Å². The van der Waals surface area contributed by atoms with Gasteiger partial charge in [0.05, 0.1) is 0 Å². The molecule has 2 aromatic heterocycles. The Labute approximate surface area is 149 Å². The Bertz CT molecular complexity index is 1200. The van der Waals surface area contributed by atoms with Crippen molar-refractivity contribution in [3.8, 4) is 6.07 Å². The van der Waals surface area contributed by atoms with Crippen LogP contribution in [0.3, 0.4) is 0 Å². The number of aromatic nitrogens is 2. The standard InChI is InChI=1S/C21H14N4O/c22-12-16(10-17-13-24-20-19(17)6-3-9-23-20)21(26)25-18-8-7-14-4-1-2-5-15(14)11-18/h1-11,13H,(H,23,24)(H,25,26)/b16-10+. The van der Waals surface area contributed by atoms with Crippen LogP contribution in [-0.4, -0.2) is 15.9 Å². The van der Waals surface area contributed by atoms with E-state index in [1.54, 1.807) is 18.5 Å². The normalized spacial score (nSPS) is 11.4. The molecule has 5 nitrogen and oxygen atoms in total. The topological polar surface area (TPSA) is 81.6 Å². The number of nitrogens with zero attached hydrogens (tertiary/aromatic N) is 2. The Hall–Kier alpha value is -3.91. The Morgan fingerprint density at radius 2 is 1.96 bits per heavy atom. The number of fused-ring (bicyclic) bond motifs is 2. The van der Waals surface area contributed by atoms with Crippen molar-refractivity contribution in [3.05, 3.63) is 78.1 Å². The molecule has 2 heterocycles. The van der Waals surface area contributed by atoms with Gasteiger partial charge >= 0.3 is 0 Å². The van der Waals surface area contributed by atoms with Crippen molar-refractivity contribution in [2.45, 2.75) is 0 Å². The molecule has 0 spiro atoms. The number of amides is 1. The van der Waals surface area contributed by atoms with E-state index in [2.05, 4.69) is 15.3 Å². The van der Waals surface area contributed by atoms with Crippen molar-refractivity contribution >= 4 is 39.5 Å². The third kappa shape index (κ3) is 2.92. The Kier molecular flexibility index (Phi) is 3.92. The van der Waals surface area contributed by atoms with E-state index < -0.39 is 5.91 Å². The molecule has 0 unspecified atom stereocenters. The average Bonchev–Trinajstić information content (AvgIpc) is 3.09. The highest BCUT2D eigenvalue weighted by Crippen LogP contribution is 2.21. The summed E-state index contributed by atoms with van der Waals surface area (Å²) in [5, 5.41) is 15.2. The number of carbonyl (C=O) groups is 1. The van der Waals surface area contributed by atoms with Gasteiger partial charge in [0.2, 0.25) is 0 Å². The minimum absolute atomic E-state index is 0.0305. The van der Waals surface area contributed by atoms with Crippen molar-refractivity contribution in [2.75, 3.05) is 5.32 Å². The molecule has 0 saturated heterocycles. The number of nitrogens with one attached hydrogen (secondary N) is 2. The van der Waals surface area contributed by atoms with Crippen LogP contribution in [0.1, 0.15) is 5.56 Å². The lowest BCUT2D eigenvalue weighted by molar-refractivity contribution is -0.112. The van der Waals surface area contributed by atoms with E-state index in [9.17, 15) is 10.1 Å². The largest absolute Gasteiger partial charge is 0.346 e. The molecule has 2 N–H and O–H groups in total. The number of rotatable bonds is 3. The molecule has 2 aromatic carbocycles. The van der Waals surface area contributed by atoms with Crippen molar-refractivity contribution < 1.29 is 4.79 Å². The van der Waals surface area contributed by atoms with Crippen LogP contribution in [0.15, 0.2) is 72.6 Å². The second-order valence-corrected chi connectivity index (χ2v) is 5.83. The summed E-state index contributed by atoms with van der Waals surface area (Å²) >= 11 is 0. The summed E-state index contributed by atoms with van der Waals surface area (Å²) in [6, 6.07) is 19.2. The number of anilines is 1. The molecule has 26 heavy (non-hydrogen) atoms. The van der Waals surface area contributed by atoms with Gasteiger partial charge in [0.15, 0.2) is 0 Å². The maximum absolute atomic E-state index is 12.5. The smallest absolute Gasteiger partial charge is 0.266 e. The monoisotopic (exact) mass is 338 g/mol. The van der Waals surface area contributed by atoms with Gasteiger partial charge in [-0.05, 0) is 41.1 Å². The Balaban J connectivity index is 1.63. The first-order valence-corrected chi connectivity index (χ1v) is 8.08. The van der Waals surface area contributed by atoms with Crippen LogP contribution in [0.25, 0.3) is 27.9 Å². The summed E-state index contributed by atoms with van der Waals surface area (Å²) in [4.78, 5) is 19.8. The first-order chi connectivity index (χ1) is 12.7. The zero-order valence-electron chi connectivity index (χ0n) is 13.7. The van der Waals surface area contributed by atoms with Gasteiger partial charge in [0, 0.05) is 29.0 Å². The van der Waals surface area contributed by atoms with E-state index in [1.165, 1.54) is 0 Å². The van der Waals surface area contributed by atoms with E-state index >= 15 is 0 Å². The fraction of sp³-hybridized carbons (Fsp3) is 0. The van der Waals surface area contributed by atoms with E-state index in [0.29, 0.717) is 11.3 Å². The fourth-order valence-corrected chi connectivity index (χ4v) is 2.87. The molecule has 124 valence electrons. The van der Waals surface area contributed by atoms with Crippen LogP contribution in [0.4, 0.5) is 5.69 Å². The number of hydrogen-bond donors (Lipinski definition) is 2. The maximum atomic E-state index is 12.5. The summed E-state index contributed by atoms with van der Waals surface area (Å²) in [6.45, 7) is 0. The van der Waals surface area contributed by atoms with Crippen LogP contribution in [-0.2, 0) is 4.79 Å². The van der Waals surface area contributed by atoms with Gasteiger partial charge < -0.3 is 10.3 Å².